The molecule has 1 aromatic heterocycles. The first kappa shape index (κ1) is 18.0. The number of hydrogen-bond acceptors (Lipinski definition) is 5. The minimum Gasteiger partial charge on any atom is -0.339 e. The molecule has 1 aliphatic heterocycles. The van der Waals surface area contributed by atoms with Crippen LogP contribution in [0.2, 0.25) is 5.02 Å². The smallest absolute Gasteiger partial charge is 0.232 e. The molecule has 0 bridgehead atoms. The molecule has 5 nitrogen and oxygen atoms in total. The van der Waals surface area contributed by atoms with Crippen molar-refractivity contribution in [2.75, 3.05) is 17.7 Å². The van der Waals surface area contributed by atoms with Gasteiger partial charge in [0.1, 0.15) is 5.82 Å². The first-order valence-corrected chi connectivity index (χ1v) is 9.89. The Labute approximate surface area is 164 Å². The average molecular weight is 404 g/mol. The largest absolute Gasteiger partial charge is 0.339 e. The number of thioether (sulfide) groups is 1. The zero-order chi connectivity index (χ0) is 19.0. The highest BCUT2D eigenvalue weighted by atomic mass is 35.5. The van der Waals surface area contributed by atoms with E-state index in [2.05, 4.69) is 10.1 Å². The first-order chi connectivity index (χ1) is 13.0. The van der Waals surface area contributed by atoms with Crippen LogP contribution >= 0.6 is 23.4 Å². The number of carbonyl (C=O) groups is 1. The molecular formula is C19H15ClFN3O2S. The third-order valence-corrected chi connectivity index (χ3v) is 5.44. The van der Waals surface area contributed by atoms with Crippen molar-refractivity contribution in [2.45, 2.75) is 17.2 Å². The van der Waals surface area contributed by atoms with Crippen molar-refractivity contribution >= 4 is 35.0 Å². The summed E-state index contributed by atoms with van der Waals surface area (Å²) < 4.78 is 19.5. The molecule has 1 unspecified atom stereocenters. The van der Waals surface area contributed by atoms with Crippen LogP contribution in [0.15, 0.2) is 51.9 Å². The zero-order valence-electron chi connectivity index (χ0n) is 14.4. The Morgan fingerprint density at radius 1 is 1.26 bits per heavy atom. The molecule has 1 atom stereocenters. The molecule has 27 heavy (non-hydrogen) atoms. The van der Waals surface area contributed by atoms with E-state index in [1.165, 1.54) is 17.0 Å². The van der Waals surface area contributed by atoms with E-state index in [-0.39, 0.29) is 35.5 Å². The van der Waals surface area contributed by atoms with E-state index >= 15 is 0 Å². The van der Waals surface area contributed by atoms with Crippen LogP contribution in [0.3, 0.4) is 0 Å². The van der Waals surface area contributed by atoms with Crippen molar-refractivity contribution in [1.29, 1.82) is 0 Å². The molecule has 3 aromatic rings. The quantitative estimate of drug-likeness (QED) is 0.587. The predicted octanol–water partition coefficient (Wildman–Crippen LogP) is 4.77. The van der Waals surface area contributed by atoms with Crippen molar-refractivity contribution in [3.05, 3.63) is 59.2 Å². The Kier molecular flexibility index (Phi) is 4.88. The van der Waals surface area contributed by atoms with E-state index in [0.29, 0.717) is 11.7 Å². The molecule has 138 valence electrons. The summed E-state index contributed by atoms with van der Waals surface area (Å²) in [6, 6.07) is 12.1. The molecule has 0 aliphatic carbocycles. The summed E-state index contributed by atoms with van der Waals surface area (Å²) in [5, 5.41) is 4.31. The maximum absolute atomic E-state index is 14.2. The van der Waals surface area contributed by atoms with E-state index in [1.54, 1.807) is 17.8 Å². The standard InChI is InChI=1S/C19H15ClFN3O2S/c1-27-14-5-2-11(3-6-14)18-22-19(26-23-18)12-8-17(25)24(10-12)16-7-4-13(20)9-15(16)21/h2-7,9,12H,8,10H2,1H3. The van der Waals surface area contributed by atoms with Crippen molar-refractivity contribution in [1.82, 2.24) is 10.1 Å². The second-order valence-corrected chi connectivity index (χ2v) is 7.50. The number of amides is 1. The average Bonchev–Trinajstić information content (AvgIpc) is 3.29. The summed E-state index contributed by atoms with van der Waals surface area (Å²) in [7, 11) is 0. The molecule has 1 amide bonds. The predicted molar refractivity (Wildman–Crippen MR) is 103 cm³/mol. The molecule has 0 spiro atoms. The lowest BCUT2D eigenvalue weighted by Gasteiger charge is -2.16. The maximum Gasteiger partial charge on any atom is 0.232 e. The van der Waals surface area contributed by atoms with Crippen molar-refractivity contribution in [3.8, 4) is 11.4 Å². The van der Waals surface area contributed by atoms with Gasteiger partial charge in [-0.25, -0.2) is 4.39 Å². The molecule has 0 radical (unpaired) electrons. The number of nitrogens with zero attached hydrogens (tertiary/aromatic N) is 3. The summed E-state index contributed by atoms with van der Waals surface area (Å²) in [5.41, 5.74) is 1.05. The molecule has 1 aliphatic rings. The van der Waals surface area contributed by atoms with Gasteiger partial charge >= 0.3 is 0 Å². The van der Waals surface area contributed by atoms with E-state index in [4.69, 9.17) is 16.1 Å². The number of hydrogen-bond donors (Lipinski definition) is 0. The van der Waals surface area contributed by atoms with E-state index in [0.717, 1.165) is 10.5 Å². The van der Waals surface area contributed by atoms with Crippen molar-refractivity contribution < 1.29 is 13.7 Å². The topological polar surface area (TPSA) is 59.2 Å². The highest BCUT2D eigenvalue weighted by Crippen LogP contribution is 2.34. The third kappa shape index (κ3) is 3.57. The Balaban J connectivity index is 1.54. The number of rotatable bonds is 4. The lowest BCUT2D eigenvalue weighted by atomic mass is 10.1. The van der Waals surface area contributed by atoms with Gasteiger partial charge < -0.3 is 9.42 Å². The minimum atomic E-state index is -0.531. The molecule has 2 heterocycles. The van der Waals surface area contributed by atoms with E-state index in [9.17, 15) is 9.18 Å². The van der Waals surface area contributed by atoms with Crippen LogP contribution in [0.1, 0.15) is 18.2 Å². The van der Waals surface area contributed by atoms with Crippen LogP contribution in [0.4, 0.5) is 10.1 Å². The number of aromatic nitrogens is 2. The van der Waals surface area contributed by atoms with Gasteiger partial charge in [-0.3, -0.25) is 4.79 Å². The fourth-order valence-corrected chi connectivity index (χ4v) is 3.63. The fourth-order valence-electron chi connectivity index (χ4n) is 3.06. The molecule has 2 aromatic carbocycles. The van der Waals surface area contributed by atoms with Crippen LogP contribution in [-0.4, -0.2) is 28.8 Å². The van der Waals surface area contributed by atoms with Gasteiger partial charge in [0.25, 0.3) is 0 Å². The van der Waals surface area contributed by atoms with E-state index < -0.39 is 5.82 Å². The zero-order valence-corrected chi connectivity index (χ0v) is 15.9. The monoisotopic (exact) mass is 403 g/mol. The molecule has 8 heteroatoms. The van der Waals surface area contributed by atoms with Crippen LogP contribution in [0, 0.1) is 5.82 Å². The summed E-state index contributed by atoms with van der Waals surface area (Å²) in [6.07, 6.45) is 2.20. The second-order valence-electron chi connectivity index (χ2n) is 6.19. The fraction of sp³-hybridized carbons (Fsp3) is 0.211. The molecule has 4 rings (SSSR count). The second kappa shape index (κ2) is 7.32. The number of benzene rings is 2. The number of halogens is 2. The van der Waals surface area contributed by atoms with Crippen LogP contribution < -0.4 is 4.90 Å². The Bertz CT molecular complexity index is 993. The highest BCUT2D eigenvalue weighted by Gasteiger charge is 2.36. The van der Waals surface area contributed by atoms with Gasteiger partial charge in [-0.1, -0.05) is 16.8 Å². The summed E-state index contributed by atoms with van der Waals surface area (Å²) in [6.45, 7) is 0.282. The molecule has 1 fully saturated rings. The summed E-state index contributed by atoms with van der Waals surface area (Å²) in [5.74, 6) is -0.147. The van der Waals surface area contributed by atoms with Gasteiger partial charge in [-0.05, 0) is 48.7 Å². The van der Waals surface area contributed by atoms with Gasteiger partial charge in [-0.15, -0.1) is 11.8 Å². The Morgan fingerprint density at radius 2 is 2.04 bits per heavy atom. The molecule has 0 saturated carbocycles. The van der Waals surface area contributed by atoms with Gasteiger partial charge in [0.15, 0.2) is 0 Å². The Hall–Kier alpha value is -2.38. The SMILES string of the molecule is CSc1ccc(-c2noc(C3CC(=O)N(c4ccc(Cl)cc4F)C3)n2)cc1. The third-order valence-electron chi connectivity index (χ3n) is 4.46. The van der Waals surface area contributed by atoms with Crippen LogP contribution in [-0.2, 0) is 4.79 Å². The molecule has 1 saturated heterocycles. The maximum atomic E-state index is 14.2. The molecule has 0 N–H and O–H groups in total. The van der Waals surface area contributed by atoms with Crippen molar-refractivity contribution in [3.63, 3.8) is 0 Å². The van der Waals surface area contributed by atoms with Gasteiger partial charge in [0.05, 0.1) is 11.6 Å². The first-order valence-electron chi connectivity index (χ1n) is 8.28. The van der Waals surface area contributed by atoms with Gasteiger partial charge in [-0.2, -0.15) is 4.98 Å². The van der Waals surface area contributed by atoms with Gasteiger partial charge in [0.2, 0.25) is 17.6 Å². The lowest BCUT2D eigenvalue weighted by molar-refractivity contribution is -0.117. The normalized spacial score (nSPS) is 16.9. The minimum absolute atomic E-state index is 0.190. The lowest BCUT2D eigenvalue weighted by Crippen LogP contribution is -2.25. The highest BCUT2D eigenvalue weighted by molar-refractivity contribution is 7.98. The van der Waals surface area contributed by atoms with Gasteiger partial charge in [0, 0.05) is 28.4 Å². The van der Waals surface area contributed by atoms with Crippen molar-refractivity contribution in [2.24, 2.45) is 0 Å². The summed E-state index contributed by atoms with van der Waals surface area (Å²) >= 11 is 7.44. The Morgan fingerprint density at radius 3 is 2.74 bits per heavy atom. The van der Waals surface area contributed by atoms with E-state index in [1.807, 2.05) is 30.5 Å². The van der Waals surface area contributed by atoms with Crippen LogP contribution in [0.5, 0.6) is 0 Å². The number of carbonyl (C=O) groups excluding carboxylic acids is 1. The van der Waals surface area contributed by atoms with Crippen LogP contribution in [0.25, 0.3) is 11.4 Å². The number of anilines is 1. The summed E-state index contributed by atoms with van der Waals surface area (Å²) in [4.78, 5) is 19.4. The molecular weight excluding hydrogens is 389 g/mol.